The molecule has 0 bridgehead atoms. The molecule has 2 rings (SSSR count). The number of hydrogen-bond acceptors (Lipinski definition) is 2. The lowest BCUT2D eigenvalue weighted by Crippen LogP contribution is -2.25. The van der Waals surface area contributed by atoms with Gasteiger partial charge in [-0.1, -0.05) is 31.9 Å². The van der Waals surface area contributed by atoms with Crippen LogP contribution in [-0.4, -0.2) is 6.10 Å². The average molecular weight is 229 g/mol. The fraction of sp³-hybridized carbons (Fsp3) is 0.533. The van der Waals surface area contributed by atoms with Crippen LogP contribution in [0, 0.1) is 17.2 Å². The minimum atomic E-state index is 0.295. The van der Waals surface area contributed by atoms with Crippen molar-refractivity contribution in [3.8, 4) is 11.8 Å². The van der Waals surface area contributed by atoms with E-state index in [0.717, 1.165) is 24.5 Å². The summed E-state index contributed by atoms with van der Waals surface area (Å²) in [6, 6.07) is 9.70. The molecule has 0 heterocycles. The SMILES string of the molecule is CCC1CCCC(Oc2ccccc2C#N)C1. The van der Waals surface area contributed by atoms with Crippen LogP contribution < -0.4 is 4.74 Å². The number of benzene rings is 1. The smallest absolute Gasteiger partial charge is 0.137 e. The Labute approximate surface area is 103 Å². The third-order valence-electron chi connectivity index (χ3n) is 3.61. The van der Waals surface area contributed by atoms with E-state index in [9.17, 15) is 0 Å². The third-order valence-corrected chi connectivity index (χ3v) is 3.61. The fourth-order valence-corrected chi connectivity index (χ4v) is 2.56. The number of hydrogen-bond donors (Lipinski definition) is 0. The lowest BCUT2D eigenvalue weighted by Gasteiger charge is -2.29. The molecule has 2 nitrogen and oxygen atoms in total. The Morgan fingerprint density at radius 2 is 2.18 bits per heavy atom. The molecule has 0 saturated heterocycles. The molecule has 1 saturated carbocycles. The molecule has 0 aromatic heterocycles. The lowest BCUT2D eigenvalue weighted by molar-refractivity contribution is 0.122. The van der Waals surface area contributed by atoms with Gasteiger partial charge >= 0.3 is 0 Å². The number of nitriles is 1. The summed E-state index contributed by atoms with van der Waals surface area (Å²) in [6.45, 7) is 2.25. The van der Waals surface area contributed by atoms with Crippen LogP contribution in [0.1, 0.15) is 44.6 Å². The summed E-state index contributed by atoms with van der Waals surface area (Å²) in [7, 11) is 0. The van der Waals surface area contributed by atoms with E-state index in [-0.39, 0.29) is 0 Å². The average Bonchev–Trinajstić information content (AvgIpc) is 2.39. The molecule has 1 aromatic rings. The monoisotopic (exact) mass is 229 g/mol. The zero-order valence-electron chi connectivity index (χ0n) is 10.4. The molecular weight excluding hydrogens is 210 g/mol. The van der Waals surface area contributed by atoms with E-state index in [1.54, 1.807) is 0 Å². The van der Waals surface area contributed by atoms with E-state index in [1.807, 2.05) is 24.3 Å². The van der Waals surface area contributed by atoms with Crippen LogP contribution in [0.3, 0.4) is 0 Å². The molecule has 1 fully saturated rings. The molecule has 0 aliphatic heterocycles. The molecular formula is C15H19NO. The summed E-state index contributed by atoms with van der Waals surface area (Å²) < 4.78 is 5.99. The van der Waals surface area contributed by atoms with Crippen molar-refractivity contribution in [2.45, 2.75) is 45.1 Å². The van der Waals surface area contributed by atoms with E-state index in [0.29, 0.717) is 11.7 Å². The second-order valence-corrected chi connectivity index (χ2v) is 4.79. The predicted molar refractivity (Wildman–Crippen MR) is 67.8 cm³/mol. The topological polar surface area (TPSA) is 33.0 Å². The standard InChI is InChI=1S/C15H19NO/c1-2-12-6-5-8-14(10-12)17-15-9-4-3-7-13(15)11-16/h3-4,7,9,12,14H,2,5-6,8,10H2,1H3. The second kappa shape index (κ2) is 5.72. The number of para-hydroxylation sites is 1. The van der Waals surface area contributed by atoms with Crippen molar-refractivity contribution < 1.29 is 4.74 Å². The normalized spacial score (nSPS) is 24.0. The first kappa shape index (κ1) is 12.0. The van der Waals surface area contributed by atoms with E-state index in [4.69, 9.17) is 10.00 Å². The van der Waals surface area contributed by atoms with E-state index in [1.165, 1.54) is 19.3 Å². The quantitative estimate of drug-likeness (QED) is 0.787. The van der Waals surface area contributed by atoms with Crippen molar-refractivity contribution >= 4 is 0 Å². The van der Waals surface area contributed by atoms with Crippen LogP contribution >= 0.6 is 0 Å². The minimum absolute atomic E-state index is 0.295. The maximum absolute atomic E-state index is 9.02. The molecule has 1 aromatic carbocycles. The zero-order valence-corrected chi connectivity index (χ0v) is 10.4. The summed E-state index contributed by atoms with van der Waals surface area (Å²) in [4.78, 5) is 0. The van der Waals surface area contributed by atoms with Crippen LogP contribution in [0.25, 0.3) is 0 Å². The largest absolute Gasteiger partial charge is 0.489 e. The number of ether oxygens (including phenoxy) is 1. The molecule has 0 spiro atoms. The molecule has 0 amide bonds. The van der Waals surface area contributed by atoms with Crippen molar-refractivity contribution in [2.24, 2.45) is 5.92 Å². The second-order valence-electron chi connectivity index (χ2n) is 4.79. The Morgan fingerprint density at radius 1 is 1.35 bits per heavy atom. The summed E-state index contributed by atoms with van der Waals surface area (Å²) in [5.74, 6) is 1.54. The van der Waals surface area contributed by atoms with Gasteiger partial charge in [0.15, 0.2) is 0 Å². The van der Waals surface area contributed by atoms with Crippen LogP contribution in [0.5, 0.6) is 5.75 Å². The summed E-state index contributed by atoms with van der Waals surface area (Å²) >= 11 is 0. The number of nitrogens with zero attached hydrogens (tertiary/aromatic N) is 1. The molecule has 1 aliphatic rings. The molecule has 0 radical (unpaired) electrons. The molecule has 0 N–H and O–H groups in total. The van der Waals surface area contributed by atoms with Gasteiger partial charge in [0.2, 0.25) is 0 Å². The predicted octanol–water partition coefficient (Wildman–Crippen LogP) is 3.91. The Hall–Kier alpha value is -1.49. The molecule has 17 heavy (non-hydrogen) atoms. The molecule has 90 valence electrons. The fourth-order valence-electron chi connectivity index (χ4n) is 2.56. The first-order chi connectivity index (χ1) is 8.33. The maximum Gasteiger partial charge on any atom is 0.137 e. The van der Waals surface area contributed by atoms with Crippen molar-refractivity contribution in [3.05, 3.63) is 29.8 Å². The van der Waals surface area contributed by atoms with Gasteiger partial charge in [0, 0.05) is 0 Å². The molecule has 1 aliphatic carbocycles. The van der Waals surface area contributed by atoms with Crippen LogP contribution in [0.2, 0.25) is 0 Å². The van der Waals surface area contributed by atoms with E-state index < -0.39 is 0 Å². The Bertz CT molecular complexity index is 408. The Kier molecular flexibility index (Phi) is 4.03. The van der Waals surface area contributed by atoms with Gasteiger partial charge in [-0.15, -0.1) is 0 Å². The summed E-state index contributed by atoms with van der Waals surface area (Å²) in [5.41, 5.74) is 0.645. The highest BCUT2D eigenvalue weighted by atomic mass is 16.5. The van der Waals surface area contributed by atoms with Crippen LogP contribution in [-0.2, 0) is 0 Å². The van der Waals surface area contributed by atoms with Crippen molar-refractivity contribution in [1.29, 1.82) is 5.26 Å². The van der Waals surface area contributed by atoms with Gasteiger partial charge in [-0.2, -0.15) is 5.26 Å². The van der Waals surface area contributed by atoms with Crippen molar-refractivity contribution in [2.75, 3.05) is 0 Å². The maximum atomic E-state index is 9.02. The molecule has 2 unspecified atom stereocenters. The van der Waals surface area contributed by atoms with Gasteiger partial charge in [0.25, 0.3) is 0 Å². The summed E-state index contributed by atoms with van der Waals surface area (Å²) in [5, 5.41) is 9.02. The van der Waals surface area contributed by atoms with Crippen molar-refractivity contribution in [3.63, 3.8) is 0 Å². The van der Waals surface area contributed by atoms with Gasteiger partial charge in [0.1, 0.15) is 11.8 Å². The third kappa shape index (κ3) is 3.00. The van der Waals surface area contributed by atoms with Gasteiger partial charge in [0.05, 0.1) is 11.7 Å². The minimum Gasteiger partial charge on any atom is -0.489 e. The van der Waals surface area contributed by atoms with E-state index in [2.05, 4.69) is 13.0 Å². The van der Waals surface area contributed by atoms with Crippen LogP contribution in [0.4, 0.5) is 0 Å². The first-order valence-corrected chi connectivity index (χ1v) is 6.49. The van der Waals surface area contributed by atoms with Crippen LogP contribution in [0.15, 0.2) is 24.3 Å². The van der Waals surface area contributed by atoms with Gasteiger partial charge < -0.3 is 4.74 Å². The Morgan fingerprint density at radius 3 is 2.94 bits per heavy atom. The highest BCUT2D eigenvalue weighted by Gasteiger charge is 2.22. The van der Waals surface area contributed by atoms with Gasteiger partial charge in [-0.05, 0) is 37.3 Å². The highest BCUT2D eigenvalue weighted by molar-refractivity contribution is 5.42. The van der Waals surface area contributed by atoms with E-state index >= 15 is 0 Å². The molecule has 2 heteroatoms. The van der Waals surface area contributed by atoms with Crippen molar-refractivity contribution in [1.82, 2.24) is 0 Å². The zero-order chi connectivity index (χ0) is 12.1. The summed E-state index contributed by atoms with van der Waals surface area (Å²) in [6.07, 6.45) is 6.36. The van der Waals surface area contributed by atoms with Gasteiger partial charge in [-0.25, -0.2) is 0 Å². The lowest BCUT2D eigenvalue weighted by atomic mass is 9.85. The first-order valence-electron chi connectivity index (χ1n) is 6.49. The van der Waals surface area contributed by atoms with Gasteiger partial charge in [-0.3, -0.25) is 0 Å². The molecule has 2 atom stereocenters. The Balaban J connectivity index is 2.03. The highest BCUT2D eigenvalue weighted by Crippen LogP contribution is 2.30. The number of rotatable bonds is 3.